The number of carboxylic acid groups (broad SMARTS) is 1. The van der Waals surface area contributed by atoms with Crippen molar-refractivity contribution in [2.45, 2.75) is 18.9 Å². The Morgan fingerprint density at radius 3 is 2.22 bits per heavy atom. The van der Waals surface area contributed by atoms with Crippen molar-refractivity contribution in [2.24, 2.45) is 23.7 Å². The van der Waals surface area contributed by atoms with E-state index in [4.69, 9.17) is 5.11 Å². The summed E-state index contributed by atoms with van der Waals surface area (Å²) < 4.78 is 0. The Labute approximate surface area is 156 Å². The molecular weight excluding hydrogens is 348 g/mol. The normalized spacial score (nSPS) is 29.1. The first-order valence-electron chi connectivity index (χ1n) is 9.06. The fraction of sp³-hybridized carbons (Fsp3) is 0.400. The number of aliphatic carboxylic acids is 1. The van der Waals surface area contributed by atoms with Gasteiger partial charge >= 0.3 is 5.97 Å². The van der Waals surface area contributed by atoms with E-state index < -0.39 is 36.3 Å². The molecule has 2 aliphatic carbocycles. The summed E-state index contributed by atoms with van der Waals surface area (Å²) in [4.78, 5) is 50.7. The lowest BCUT2D eigenvalue weighted by molar-refractivity contribution is -0.148. The van der Waals surface area contributed by atoms with E-state index in [1.165, 1.54) is 0 Å². The molecule has 1 saturated carbocycles. The second-order valence-corrected chi connectivity index (χ2v) is 7.36. The van der Waals surface area contributed by atoms with Crippen molar-refractivity contribution in [3.05, 3.63) is 48.0 Å². The lowest BCUT2D eigenvalue weighted by Crippen LogP contribution is -2.52. The highest BCUT2D eigenvalue weighted by molar-refractivity contribution is 6.09. The molecule has 2 fully saturated rings. The number of likely N-dealkylation sites (tertiary alicyclic amines) is 1. The maximum Gasteiger partial charge on any atom is 0.322 e. The molecule has 7 heteroatoms. The van der Waals surface area contributed by atoms with E-state index in [1.807, 2.05) is 42.5 Å². The summed E-state index contributed by atoms with van der Waals surface area (Å²) in [6.07, 6.45) is 4.97. The standard InChI is InChI=1S/C20H20N2O5/c23-15(24)10-21-18(25)14(8-11-4-2-1-3-5-11)22-19(26)16-12-6-7-13(9-12)17(16)20(22)27/h1-7,12-14,16-17H,8-10H2,(H,21,25)(H,23,24). The van der Waals surface area contributed by atoms with Gasteiger partial charge in [0, 0.05) is 6.42 Å². The highest BCUT2D eigenvalue weighted by Crippen LogP contribution is 2.52. The van der Waals surface area contributed by atoms with Crippen LogP contribution in [0.25, 0.3) is 0 Å². The van der Waals surface area contributed by atoms with Gasteiger partial charge in [-0.05, 0) is 23.8 Å². The smallest absolute Gasteiger partial charge is 0.322 e. The van der Waals surface area contributed by atoms with E-state index in [9.17, 15) is 19.2 Å². The van der Waals surface area contributed by atoms with Gasteiger partial charge in [0.15, 0.2) is 0 Å². The molecule has 4 rings (SSSR count). The lowest BCUT2D eigenvalue weighted by atomic mass is 9.85. The van der Waals surface area contributed by atoms with E-state index in [2.05, 4.69) is 5.32 Å². The number of hydrogen-bond acceptors (Lipinski definition) is 4. The fourth-order valence-electron chi connectivity index (χ4n) is 4.65. The average molecular weight is 368 g/mol. The molecule has 2 bridgehead atoms. The number of allylic oxidation sites excluding steroid dienone is 2. The van der Waals surface area contributed by atoms with Crippen LogP contribution in [0.2, 0.25) is 0 Å². The second-order valence-electron chi connectivity index (χ2n) is 7.36. The van der Waals surface area contributed by atoms with Crippen molar-refractivity contribution < 1.29 is 24.3 Å². The zero-order valence-electron chi connectivity index (χ0n) is 14.6. The highest BCUT2D eigenvalue weighted by atomic mass is 16.4. The molecule has 2 N–H and O–H groups in total. The fourth-order valence-corrected chi connectivity index (χ4v) is 4.65. The van der Waals surface area contributed by atoms with Crippen LogP contribution in [0.15, 0.2) is 42.5 Å². The summed E-state index contributed by atoms with van der Waals surface area (Å²) in [6, 6.07) is 8.05. The van der Waals surface area contributed by atoms with Crippen LogP contribution < -0.4 is 5.32 Å². The SMILES string of the molecule is O=C(O)CNC(=O)C(Cc1ccccc1)N1C(=O)C2C3C=CC(C3)C2C1=O. The quantitative estimate of drug-likeness (QED) is 0.565. The minimum absolute atomic E-state index is 0.0564. The Morgan fingerprint density at radius 1 is 1.07 bits per heavy atom. The topological polar surface area (TPSA) is 104 Å². The molecule has 7 nitrogen and oxygen atoms in total. The zero-order valence-corrected chi connectivity index (χ0v) is 14.6. The average Bonchev–Trinajstić information content (AvgIpc) is 3.33. The van der Waals surface area contributed by atoms with Gasteiger partial charge in [-0.1, -0.05) is 42.5 Å². The summed E-state index contributed by atoms with van der Waals surface area (Å²) in [7, 11) is 0. The number of amides is 3. The molecule has 3 amide bonds. The van der Waals surface area contributed by atoms with E-state index in [1.54, 1.807) is 0 Å². The number of rotatable bonds is 6. The molecule has 0 spiro atoms. The zero-order chi connectivity index (χ0) is 19.1. The van der Waals surface area contributed by atoms with Crippen molar-refractivity contribution in [3.63, 3.8) is 0 Å². The second kappa shape index (κ2) is 6.64. The van der Waals surface area contributed by atoms with E-state index in [0.29, 0.717) is 0 Å². The van der Waals surface area contributed by atoms with Crippen LogP contribution in [0.5, 0.6) is 0 Å². The molecule has 27 heavy (non-hydrogen) atoms. The summed E-state index contributed by atoms with van der Waals surface area (Å²) in [5, 5.41) is 11.2. The number of carbonyl (C=O) groups excluding carboxylic acids is 3. The molecule has 0 radical (unpaired) electrons. The molecule has 140 valence electrons. The number of nitrogens with one attached hydrogen (secondary N) is 1. The Hall–Kier alpha value is -2.96. The Balaban J connectivity index is 1.62. The minimum Gasteiger partial charge on any atom is -0.480 e. The van der Waals surface area contributed by atoms with E-state index in [-0.39, 0.29) is 30.1 Å². The molecule has 1 aromatic rings. The van der Waals surface area contributed by atoms with Crippen LogP contribution in [0, 0.1) is 23.7 Å². The maximum absolute atomic E-state index is 13.0. The van der Waals surface area contributed by atoms with E-state index >= 15 is 0 Å². The highest BCUT2D eigenvalue weighted by Gasteiger charge is 2.61. The predicted molar refractivity (Wildman–Crippen MR) is 94.1 cm³/mol. The van der Waals surface area contributed by atoms with Crippen molar-refractivity contribution in [3.8, 4) is 0 Å². The Kier molecular flexibility index (Phi) is 4.30. The first-order chi connectivity index (χ1) is 13.0. The maximum atomic E-state index is 13.0. The number of imide groups is 1. The lowest BCUT2D eigenvalue weighted by Gasteiger charge is -2.27. The van der Waals surface area contributed by atoms with Gasteiger partial charge in [-0.3, -0.25) is 24.1 Å². The van der Waals surface area contributed by atoms with Crippen LogP contribution in [-0.2, 0) is 25.6 Å². The van der Waals surface area contributed by atoms with Gasteiger partial charge in [-0.15, -0.1) is 0 Å². The van der Waals surface area contributed by atoms with Crippen LogP contribution in [0.3, 0.4) is 0 Å². The van der Waals surface area contributed by atoms with Gasteiger partial charge in [0.2, 0.25) is 17.7 Å². The van der Waals surface area contributed by atoms with Gasteiger partial charge in [-0.25, -0.2) is 0 Å². The van der Waals surface area contributed by atoms with Gasteiger partial charge in [0.25, 0.3) is 0 Å². The third-order valence-corrected chi connectivity index (χ3v) is 5.80. The Bertz CT molecular complexity index is 804. The largest absolute Gasteiger partial charge is 0.480 e. The molecule has 1 aromatic carbocycles. The number of fused-ring (bicyclic) bond motifs is 5. The summed E-state index contributed by atoms with van der Waals surface area (Å²) in [6.45, 7) is -0.556. The predicted octanol–water partition coefficient (Wildman–Crippen LogP) is 0.606. The molecule has 0 aromatic heterocycles. The third-order valence-electron chi connectivity index (χ3n) is 5.80. The Morgan fingerprint density at radius 2 is 1.67 bits per heavy atom. The number of nitrogens with zero attached hydrogens (tertiary/aromatic N) is 1. The van der Waals surface area contributed by atoms with Gasteiger partial charge in [0.1, 0.15) is 12.6 Å². The summed E-state index contributed by atoms with van der Waals surface area (Å²) in [5.41, 5.74) is 0.798. The van der Waals surface area contributed by atoms with Crippen LogP contribution >= 0.6 is 0 Å². The van der Waals surface area contributed by atoms with Crippen molar-refractivity contribution >= 4 is 23.7 Å². The molecule has 1 aliphatic heterocycles. The molecule has 5 unspecified atom stereocenters. The number of carboxylic acids is 1. The molecular formula is C20H20N2O5. The number of carbonyl (C=O) groups is 4. The first-order valence-corrected chi connectivity index (χ1v) is 9.06. The van der Waals surface area contributed by atoms with Crippen molar-refractivity contribution in [2.75, 3.05) is 6.54 Å². The van der Waals surface area contributed by atoms with Crippen LogP contribution in [0.4, 0.5) is 0 Å². The number of benzene rings is 1. The van der Waals surface area contributed by atoms with Gasteiger partial charge in [-0.2, -0.15) is 0 Å². The molecule has 5 atom stereocenters. The summed E-state index contributed by atoms with van der Waals surface area (Å²) >= 11 is 0. The summed E-state index contributed by atoms with van der Waals surface area (Å²) in [5.74, 6) is -3.09. The first kappa shape index (κ1) is 17.5. The molecule has 1 saturated heterocycles. The van der Waals surface area contributed by atoms with Crippen LogP contribution in [0.1, 0.15) is 12.0 Å². The molecule has 3 aliphatic rings. The van der Waals surface area contributed by atoms with Gasteiger partial charge < -0.3 is 10.4 Å². The van der Waals surface area contributed by atoms with Crippen LogP contribution in [-0.4, -0.2) is 46.3 Å². The van der Waals surface area contributed by atoms with Crippen molar-refractivity contribution in [1.29, 1.82) is 0 Å². The van der Waals surface area contributed by atoms with Crippen molar-refractivity contribution in [1.82, 2.24) is 10.2 Å². The van der Waals surface area contributed by atoms with Gasteiger partial charge in [0.05, 0.1) is 11.8 Å². The third kappa shape index (κ3) is 2.93. The molecule has 1 heterocycles. The number of hydrogen-bond donors (Lipinski definition) is 2. The minimum atomic E-state index is -1.18. The monoisotopic (exact) mass is 368 g/mol. The van der Waals surface area contributed by atoms with E-state index in [0.717, 1.165) is 16.9 Å².